The lowest BCUT2D eigenvalue weighted by molar-refractivity contribution is -0.137. The van der Waals surface area contributed by atoms with Crippen LogP contribution >= 0.6 is 11.6 Å². The van der Waals surface area contributed by atoms with E-state index in [9.17, 15) is 18.0 Å². The van der Waals surface area contributed by atoms with Crippen molar-refractivity contribution >= 4 is 23.2 Å². The van der Waals surface area contributed by atoms with E-state index in [-0.39, 0.29) is 25.4 Å². The minimum atomic E-state index is -4.45. The summed E-state index contributed by atoms with van der Waals surface area (Å²) in [5.41, 5.74) is 3.02. The van der Waals surface area contributed by atoms with Crippen LogP contribution in [0.5, 0.6) is 5.75 Å². The number of nitrogens with zero attached hydrogens (tertiary/aromatic N) is 2. The van der Waals surface area contributed by atoms with Crippen LogP contribution in [0, 0.1) is 11.3 Å². The van der Waals surface area contributed by atoms with Crippen molar-refractivity contribution in [2.45, 2.75) is 25.7 Å². The zero-order chi connectivity index (χ0) is 29.4. The van der Waals surface area contributed by atoms with Crippen molar-refractivity contribution in [1.82, 2.24) is 4.90 Å². The Morgan fingerprint density at radius 3 is 2.32 bits per heavy atom. The normalized spacial score (nSPS) is 11.0. The maximum atomic E-state index is 13.7. The third-order valence-electron chi connectivity index (χ3n) is 6.48. The molecule has 0 radical (unpaired) electrons. The van der Waals surface area contributed by atoms with Crippen molar-refractivity contribution in [2.75, 3.05) is 18.9 Å². The number of anilines is 1. The smallest absolute Gasteiger partial charge is 0.416 e. The first-order chi connectivity index (χ1) is 19.7. The fourth-order valence-electron chi connectivity index (χ4n) is 4.26. The molecule has 0 atom stereocenters. The van der Waals surface area contributed by atoms with Gasteiger partial charge in [0, 0.05) is 30.8 Å². The Bertz CT molecular complexity index is 1530. The van der Waals surface area contributed by atoms with Gasteiger partial charge in [-0.1, -0.05) is 54.1 Å². The van der Waals surface area contributed by atoms with Gasteiger partial charge in [-0.25, -0.2) is 0 Å². The molecule has 0 bridgehead atoms. The molecule has 0 unspecified atom stereocenters. The van der Waals surface area contributed by atoms with Crippen molar-refractivity contribution in [3.8, 4) is 11.8 Å². The number of rotatable bonds is 10. The first kappa shape index (κ1) is 29.5. The molecule has 0 aliphatic carbocycles. The largest absolute Gasteiger partial charge is 0.489 e. The summed E-state index contributed by atoms with van der Waals surface area (Å²) < 4.78 is 45.6. The number of hydrogen-bond acceptors (Lipinski definition) is 4. The number of amides is 1. The topological polar surface area (TPSA) is 65.4 Å². The van der Waals surface area contributed by atoms with E-state index < -0.39 is 11.7 Å². The third-order valence-corrected chi connectivity index (χ3v) is 6.71. The van der Waals surface area contributed by atoms with Crippen molar-refractivity contribution in [2.24, 2.45) is 0 Å². The molecule has 1 N–H and O–H groups in total. The van der Waals surface area contributed by atoms with E-state index in [2.05, 4.69) is 11.4 Å². The van der Waals surface area contributed by atoms with Gasteiger partial charge in [-0.15, -0.1) is 0 Å². The van der Waals surface area contributed by atoms with Crippen LogP contribution in [0.15, 0.2) is 91.0 Å². The SMILES string of the molecule is CNc1ccc(Cl)cc1C(=O)N(CCc1cccc(C(F)(F)F)c1)Cc1ccc(OCc2ccc(C#N)cc2)cc1. The zero-order valence-electron chi connectivity index (χ0n) is 22.2. The molecule has 0 spiro atoms. The van der Waals surface area contributed by atoms with Crippen molar-refractivity contribution in [3.63, 3.8) is 0 Å². The average molecular weight is 578 g/mol. The Hall–Kier alpha value is -4.48. The van der Waals surface area contributed by atoms with Crippen molar-refractivity contribution < 1.29 is 22.7 Å². The van der Waals surface area contributed by atoms with Crippen LogP contribution in [-0.2, 0) is 25.7 Å². The quantitative estimate of drug-likeness (QED) is 0.209. The highest BCUT2D eigenvalue weighted by Crippen LogP contribution is 2.30. The number of benzene rings is 4. The van der Waals surface area contributed by atoms with Crippen LogP contribution in [0.4, 0.5) is 18.9 Å². The lowest BCUT2D eigenvalue weighted by atomic mass is 10.1. The second-order valence-electron chi connectivity index (χ2n) is 9.36. The molecule has 0 heterocycles. The highest BCUT2D eigenvalue weighted by atomic mass is 35.5. The highest BCUT2D eigenvalue weighted by Gasteiger charge is 2.30. The van der Waals surface area contributed by atoms with Gasteiger partial charge in [0.15, 0.2) is 0 Å². The summed E-state index contributed by atoms with van der Waals surface area (Å²) in [6.45, 7) is 0.740. The Balaban J connectivity index is 1.51. The van der Waals surface area contributed by atoms with Gasteiger partial charge in [0.25, 0.3) is 5.91 Å². The number of nitrogens with one attached hydrogen (secondary N) is 1. The summed E-state index contributed by atoms with van der Waals surface area (Å²) in [5.74, 6) is 0.331. The van der Waals surface area contributed by atoms with Gasteiger partial charge in [-0.05, 0) is 71.6 Å². The van der Waals surface area contributed by atoms with E-state index in [1.54, 1.807) is 60.5 Å². The molecule has 210 valence electrons. The Labute approximate surface area is 241 Å². The van der Waals surface area contributed by atoms with Crippen LogP contribution in [-0.4, -0.2) is 24.4 Å². The van der Waals surface area contributed by atoms with Crippen molar-refractivity contribution in [3.05, 3.63) is 129 Å². The van der Waals surface area contributed by atoms with Crippen molar-refractivity contribution in [1.29, 1.82) is 5.26 Å². The minimum absolute atomic E-state index is 0.187. The van der Waals surface area contributed by atoms with E-state index >= 15 is 0 Å². The number of alkyl halides is 3. The van der Waals surface area contributed by atoms with E-state index in [0.29, 0.717) is 39.8 Å². The molecular weight excluding hydrogens is 551 g/mol. The summed E-state index contributed by atoms with van der Waals surface area (Å²) >= 11 is 6.19. The molecule has 0 saturated carbocycles. The third kappa shape index (κ3) is 8.03. The van der Waals surface area contributed by atoms with Crippen LogP contribution < -0.4 is 10.1 Å². The Kier molecular flexibility index (Phi) is 9.53. The van der Waals surface area contributed by atoms with Gasteiger partial charge in [-0.2, -0.15) is 18.4 Å². The fourth-order valence-corrected chi connectivity index (χ4v) is 4.43. The summed E-state index contributed by atoms with van der Waals surface area (Å²) in [5, 5.41) is 12.3. The molecule has 4 rings (SSSR count). The van der Waals surface area contributed by atoms with Gasteiger partial charge in [0.2, 0.25) is 0 Å². The van der Waals surface area contributed by atoms with Crippen LogP contribution in [0.3, 0.4) is 0 Å². The first-order valence-corrected chi connectivity index (χ1v) is 13.2. The molecule has 0 aliphatic heterocycles. The number of hydrogen-bond donors (Lipinski definition) is 1. The lowest BCUT2D eigenvalue weighted by Crippen LogP contribution is -2.33. The molecule has 9 heteroatoms. The van der Waals surface area contributed by atoms with Gasteiger partial charge in [0.05, 0.1) is 22.8 Å². The molecule has 4 aromatic carbocycles. The molecular formula is C32H27ClF3N3O2. The summed E-state index contributed by atoms with van der Waals surface area (Å²) in [6, 6.07) is 26.6. The van der Waals surface area contributed by atoms with Crippen LogP contribution in [0.1, 0.15) is 38.2 Å². The lowest BCUT2D eigenvalue weighted by Gasteiger charge is -2.25. The van der Waals surface area contributed by atoms with Gasteiger partial charge in [-0.3, -0.25) is 4.79 Å². The first-order valence-electron chi connectivity index (χ1n) is 12.8. The predicted molar refractivity (Wildman–Crippen MR) is 153 cm³/mol. The number of nitriles is 1. The average Bonchev–Trinajstić information content (AvgIpc) is 2.98. The van der Waals surface area contributed by atoms with Crippen LogP contribution in [0.25, 0.3) is 0 Å². The predicted octanol–water partition coefficient (Wildman–Crippen LogP) is 7.74. The summed E-state index contributed by atoms with van der Waals surface area (Å²) in [4.78, 5) is 15.3. The number of carbonyl (C=O) groups excluding carboxylic acids is 1. The number of halogens is 4. The molecule has 5 nitrogen and oxygen atoms in total. The standard InChI is InChI=1S/C32H27ClF3N3O2/c1-38-30-14-11-27(33)18-29(30)31(40)39(16-15-22-3-2-4-26(17-22)32(34,35)36)20-24-9-12-28(13-10-24)41-21-25-7-5-23(19-37)6-8-25/h2-14,17-18,38H,15-16,20-21H2,1H3. The van der Waals surface area contributed by atoms with E-state index in [0.717, 1.165) is 23.3 Å². The molecule has 0 fully saturated rings. The second-order valence-corrected chi connectivity index (χ2v) is 9.79. The highest BCUT2D eigenvalue weighted by molar-refractivity contribution is 6.31. The Morgan fingerprint density at radius 2 is 1.66 bits per heavy atom. The second kappa shape index (κ2) is 13.2. The fraction of sp³-hybridized carbons (Fsp3) is 0.188. The molecule has 41 heavy (non-hydrogen) atoms. The minimum Gasteiger partial charge on any atom is -0.489 e. The Morgan fingerprint density at radius 1 is 0.951 bits per heavy atom. The summed E-state index contributed by atoms with van der Waals surface area (Å²) in [6.07, 6.45) is -4.21. The molecule has 1 amide bonds. The maximum Gasteiger partial charge on any atom is 0.416 e. The van der Waals surface area contributed by atoms with Gasteiger partial charge < -0.3 is 15.0 Å². The monoisotopic (exact) mass is 577 g/mol. The molecule has 4 aromatic rings. The van der Waals surface area contributed by atoms with E-state index in [1.165, 1.54) is 6.07 Å². The van der Waals surface area contributed by atoms with Crippen LogP contribution in [0.2, 0.25) is 5.02 Å². The maximum absolute atomic E-state index is 13.7. The zero-order valence-corrected chi connectivity index (χ0v) is 23.0. The molecule has 0 aromatic heterocycles. The van der Waals surface area contributed by atoms with Gasteiger partial charge in [0.1, 0.15) is 12.4 Å². The molecule has 0 saturated heterocycles. The number of ether oxygens (including phenoxy) is 1. The number of carbonyl (C=O) groups is 1. The van der Waals surface area contributed by atoms with Gasteiger partial charge >= 0.3 is 6.18 Å². The van der Waals surface area contributed by atoms with E-state index in [1.807, 2.05) is 24.3 Å². The molecule has 0 aliphatic rings. The van der Waals surface area contributed by atoms with E-state index in [4.69, 9.17) is 21.6 Å². The summed E-state index contributed by atoms with van der Waals surface area (Å²) in [7, 11) is 1.70.